The maximum absolute atomic E-state index is 12.2. The third-order valence-electron chi connectivity index (χ3n) is 3.18. The van der Waals surface area contributed by atoms with E-state index < -0.39 is 10.0 Å². The molecule has 1 atom stereocenters. The van der Waals surface area contributed by atoms with E-state index >= 15 is 0 Å². The predicted molar refractivity (Wildman–Crippen MR) is 70.6 cm³/mol. The van der Waals surface area contributed by atoms with Crippen LogP contribution in [0.3, 0.4) is 0 Å². The van der Waals surface area contributed by atoms with Gasteiger partial charge in [0.05, 0.1) is 17.5 Å². The summed E-state index contributed by atoms with van der Waals surface area (Å²) in [7, 11) is -1.97. The molecule has 1 aliphatic heterocycles. The fraction of sp³-hybridized carbons (Fsp3) is 0.636. The standard InChI is InChI=1S/C11H18N4O4S/c1-7-11(8(2)14-13-7)20(17,18)12-4-9-5-15(3)10(16)6-19-9/h9,12H,4-6H2,1-3H3,(H,13,14). The molecular weight excluding hydrogens is 284 g/mol. The number of ether oxygens (including phenoxy) is 1. The lowest BCUT2D eigenvalue weighted by molar-refractivity contribution is -0.146. The van der Waals surface area contributed by atoms with Crippen molar-refractivity contribution in [1.82, 2.24) is 19.8 Å². The molecule has 2 heterocycles. The average Bonchev–Trinajstić information content (AvgIpc) is 2.71. The van der Waals surface area contributed by atoms with Gasteiger partial charge in [0.15, 0.2) is 0 Å². The SMILES string of the molecule is Cc1n[nH]c(C)c1S(=O)(=O)NCC1CN(C)C(=O)CO1. The molecule has 1 saturated heterocycles. The Kier molecular flexibility index (Phi) is 4.11. The monoisotopic (exact) mass is 302 g/mol. The van der Waals surface area contributed by atoms with E-state index in [1.54, 1.807) is 20.9 Å². The minimum Gasteiger partial charge on any atom is -0.365 e. The lowest BCUT2D eigenvalue weighted by atomic mass is 10.3. The summed E-state index contributed by atoms with van der Waals surface area (Å²) < 4.78 is 32.2. The number of aryl methyl sites for hydroxylation is 2. The van der Waals surface area contributed by atoms with E-state index in [0.29, 0.717) is 17.9 Å². The number of nitrogens with one attached hydrogen (secondary N) is 2. The largest absolute Gasteiger partial charge is 0.365 e. The summed E-state index contributed by atoms with van der Waals surface area (Å²) in [4.78, 5) is 13.0. The van der Waals surface area contributed by atoms with Crippen LogP contribution in [0, 0.1) is 13.8 Å². The zero-order valence-electron chi connectivity index (χ0n) is 11.6. The van der Waals surface area contributed by atoms with Crippen LogP contribution in [-0.2, 0) is 19.6 Å². The van der Waals surface area contributed by atoms with E-state index in [1.165, 1.54) is 4.90 Å². The summed E-state index contributed by atoms with van der Waals surface area (Å²) in [6, 6.07) is 0. The van der Waals surface area contributed by atoms with Crippen LogP contribution >= 0.6 is 0 Å². The highest BCUT2D eigenvalue weighted by Crippen LogP contribution is 2.16. The van der Waals surface area contributed by atoms with Gasteiger partial charge < -0.3 is 9.64 Å². The Labute approximate surface area is 117 Å². The minimum atomic E-state index is -3.64. The number of carbonyl (C=O) groups excluding carboxylic acids is 1. The second-order valence-corrected chi connectivity index (χ2v) is 6.53. The maximum atomic E-state index is 12.2. The Hall–Kier alpha value is -1.45. The highest BCUT2D eigenvalue weighted by atomic mass is 32.2. The number of sulfonamides is 1. The Bertz CT molecular complexity index is 590. The molecule has 112 valence electrons. The normalized spacial score (nSPS) is 20.4. The minimum absolute atomic E-state index is 0.0212. The summed E-state index contributed by atoms with van der Waals surface area (Å²) in [5.41, 5.74) is 0.915. The predicted octanol–water partition coefficient (Wildman–Crippen LogP) is -0.838. The van der Waals surface area contributed by atoms with Gasteiger partial charge >= 0.3 is 0 Å². The van der Waals surface area contributed by atoms with Gasteiger partial charge in [-0.2, -0.15) is 5.10 Å². The van der Waals surface area contributed by atoms with Crippen LogP contribution in [0.25, 0.3) is 0 Å². The van der Waals surface area contributed by atoms with Crippen molar-refractivity contribution in [3.63, 3.8) is 0 Å². The lowest BCUT2D eigenvalue weighted by Gasteiger charge is -2.29. The highest BCUT2D eigenvalue weighted by Gasteiger charge is 2.27. The molecule has 2 rings (SSSR count). The zero-order valence-corrected chi connectivity index (χ0v) is 12.5. The Balaban J connectivity index is 2.02. The molecule has 1 aromatic rings. The van der Waals surface area contributed by atoms with Crippen molar-refractivity contribution in [3.05, 3.63) is 11.4 Å². The van der Waals surface area contributed by atoms with Crippen molar-refractivity contribution in [1.29, 1.82) is 0 Å². The lowest BCUT2D eigenvalue weighted by Crippen LogP contribution is -2.48. The molecule has 0 bridgehead atoms. The Morgan fingerprint density at radius 1 is 1.50 bits per heavy atom. The number of aromatic amines is 1. The van der Waals surface area contributed by atoms with Gasteiger partial charge in [-0.15, -0.1) is 0 Å². The first-order valence-corrected chi connectivity index (χ1v) is 7.66. The van der Waals surface area contributed by atoms with Crippen molar-refractivity contribution < 1.29 is 17.9 Å². The maximum Gasteiger partial charge on any atom is 0.248 e. The molecule has 1 unspecified atom stereocenters. The quantitative estimate of drug-likeness (QED) is 0.755. The zero-order chi connectivity index (χ0) is 14.9. The topological polar surface area (TPSA) is 104 Å². The van der Waals surface area contributed by atoms with Crippen LogP contribution in [0.1, 0.15) is 11.4 Å². The second-order valence-electron chi connectivity index (χ2n) is 4.82. The number of hydrogen-bond acceptors (Lipinski definition) is 5. The third kappa shape index (κ3) is 3.00. The van der Waals surface area contributed by atoms with E-state index in [9.17, 15) is 13.2 Å². The summed E-state index contributed by atoms with van der Waals surface area (Å²) >= 11 is 0. The summed E-state index contributed by atoms with van der Waals surface area (Å²) in [6.45, 7) is 3.74. The molecule has 8 nitrogen and oxygen atoms in total. The van der Waals surface area contributed by atoms with Crippen molar-refractivity contribution in [3.8, 4) is 0 Å². The van der Waals surface area contributed by atoms with Gasteiger partial charge in [-0.25, -0.2) is 13.1 Å². The number of nitrogens with zero attached hydrogens (tertiary/aromatic N) is 2. The number of hydrogen-bond donors (Lipinski definition) is 2. The number of rotatable bonds is 4. The molecule has 0 radical (unpaired) electrons. The van der Waals surface area contributed by atoms with Crippen molar-refractivity contribution in [2.75, 3.05) is 26.7 Å². The number of amides is 1. The second kappa shape index (κ2) is 5.51. The van der Waals surface area contributed by atoms with Crippen LogP contribution < -0.4 is 4.72 Å². The van der Waals surface area contributed by atoms with Crippen molar-refractivity contribution in [2.24, 2.45) is 0 Å². The first-order chi connectivity index (χ1) is 9.31. The van der Waals surface area contributed by atoms with Gasteiger partial charge in [0, 0.05) is 20.1 Å². The van der Waals surface area contributed by atoms with E-state index in [2.05, 4.69) is 14.9 Å². The molecule has 2 N–H and O–H groups in total. The van der Waals surface area contributed by atoms with Gasteiger partial charge in [0.25, 0.3) is 0 Å². The van der Waals surface area contributed by atoms with Crippen molar-refractivity contribution >= 4 is 15.9 Å². The van der Waals surface area contributed by atoms with Gasteiger partial charge in [-0.1, -0.05) is 0 Å². The molecule has 1 fully saturated rings. The molecule has 9 heteroatoms. The van der Waals surface area contributed by atoms with Crippen LogP contribution in [0.15, 0.2) is 4.90 Å². The van der Waals surface area contributed by atoms with E-state index in [-0.39, 0.29) is 30.1 Å². The number of morpholine rings is 1. The highest BCUT2D eigenvalue weighted by molar-refractivity contribution is 7.89. The molecule has 0 spiro atoms. The molecule has 1 amide bonds. The summed E-state index contributed by atoms with van der Waals surface area (Å²) in [5, 5.41) is 6.51. The van der Waals surface area contributed by atoms with E-state index in [4.69, 9.17) is 4.74 Å². The van der Waals surface area contributed by atoms with E-state index in [0.717, 1.165) is 0 Å². The fourth-order valence-corrected chi connectivity index (χ4v) is 3.53. The average molecular weight is 302 g/mol. The van der Waals surface area contributed by atoms with Crippen LogP contribution in [0.2, 0.25) is 0 Å². The summed E-state index contributed by atoms with van der Waals surface area (Å²) in [5.74, 6) is -0.106. The van der Waals surface area contributed by atoms with Gasteiger partial charge in [-0.05, 0) is 13.8 Å². The first kappa shape index (κ1) is 14.9. The van der Waals surface area contributed by atoms with Gasteiger partial charge in [0.2, 0.25) is 15.9 Å². The Morgan fingerprint density at radius 2 is 2.20 bits per heavy atom. The van der Waals surface area contributed by atoms with Gasteiger partial charge in [0.1, 0.15) is 11.5 Å². The summed E-state index contributed by atoms with van der Waals surface area (Å²) in [6.07, 6.45) is -0.347. The smallest absolute Gasteiger partial charge is 0.248 e. The van der Waals surface area contributed by atoms with E-state index in [1.807, 2.05) is 0 Å². The molecule has 0 aromatic carbocycles. The Morgan fingerprint density at radius 3 is 2.75 bits per heavy atom. The van der Waals surface area contributed by atoms with Crippen LogP contribution in [0.4, 0.5) is 0 Å². The van der Waals surface area contributed by atoms with Crippen molar-refractivity contribution in [2.45, 2.75) is 24.8 Å². The molecule has 1 aliphatic rings. The number of H-pyrrole nitrogens is 1. The molecule has 1 aromatic heterocycles. The molecular formula is C11H18N4O4S. The van der Waals surface area contributed by atoms with Gasteiger partial charge in [-0.3, -0.25) is 9.89 Å². The molecule has 0 saturated carbocycles. The van der Waals surface area contributed by atoms with Crippen LogP contribution in [-0.4, -0.2) is 62.3 Å². The molecule has 20 heavy (non-hydrogen) atoms. The number of aromatic nitrogens is 2. The molecule has 0 aliphatic carbocycles. The number of carbonyl (C=O) groups is 1. The number of likely N-dealkylation sites (N-methyl/N-ethyl adjacent to an activating group) is 1. The van der Waals surface area contributed by atoms with Crippen LogP contribution in [0.5, 0.6) is 0 Å². The third-order valence-corrected chi connectivity index (χ3v) is 4.86. The fourth-order valence-electron chi connectivity index (χ4n) is 2.09. The first-order valence-electron chi connectivity index (χ1n) is 6.18.